The molecule has 0 aliphatic carbocycles. The second-order valence-corrected chi connectivity index (χ2v) is 6.76. The van der Waals surface area contributed by atoms with Crippen LogP contribution in [0, 0.1) is 17.1 Å². The number of nitriles is 1. The fourth-order valence-corrected chi connectivity index (χ4v) is 3.67. The predicted molar refractivity (Wildman–Crippen MR) is 76.6 cm³/mol. The molecule has 0 radical (unpaired) electrons. The van der Waals surface area contributed by atoms with E-state index in [0.29, 0.717) is 6.42 Å². The molecule has 0 amide bonds. The van der Waals surface area contributed by atoms with E-state index in [1.807, 2.05) is 0 Å². The molecule has 0 spiro atoms. The molecule has 0 bridgehead atoms. The first-order chi connectivity index (χ1) is 10.0. The predicted octanol–water partition coefficient (Wildman–Crippen LogP) is 1.46. The SMILES string of the molecule is N#Cc1c(F)cccc1S(=O)(=O)NCCCN1CCCC1. The summed E-state index contributed by atoms with van der Waals surface area (Å²) in [7, 11) is -3.85. The Kier molecular flexibility index (Phi) is 5.28. The Hall–Kier alpha value is -1.49. The number of hydrogen-bond acceptors (Lipinski definition) is 4. The van der Waals surface area contributed by atoms with Gasteiger partial charge in [0.25, 0.3) is 0 Å². The third-order valence-corrected chi connectivity index (χ3v) is 5.02. The Labute approximate surface area is 124 Å². The summed E-state index contributed by atoms with van der Waals surface area (Å²) in [6.45, 7) is 3.25. The Morgan fingerprint density at radius 2 is 2.05 bits per heavy atom. The van der Waals surface area contributed by atoms with E-state index < -0.39 is 21.4 Å². The van der Waals surface area contributed by atoms with Crippen LogP contribution in [0.2, 0.25) is 0 Å². The highest BCUT2D eigenvalue weighted by Gasteiger charge is 2.20. The lowest BCUT2D eigenvalue weighted by Gasteiger charge is -2.14. The first kappa shape index (κ1) is 15.9. The van der Waals surface area contributed by atoms with Gasteiger partial charge in [-0.1, -0.05) is 6.07 Å². The van der Waals surface area contributed by atoms with Crippen molar-refractivity contribution in [2.24, 2.45) is 0 Å². The monoisotopic (exact) mass is 311 g/mol. The molecular formula is C14H18FN3O2S. The molecule has 0 saturated carbocycles. The third kappa shape index (κ3) is 4.00. The lowest BCUT2D eigenvalue weighted by Crippen LogP contribution is -2.29. The van der Waals surface area contributed by atoms with Gasteiger partial charge in [-0.05, 0) is 51.0 Å². The maximum atomic E-state index is 13.5. The Morgan fingerprint density at radius 1 is 1.33 bits per heavy atom. The highest BCUT2D eigenvalue weighted by molar-refractivity contribution is 7.89. The van der Waals surface area contributed by atoms with E-state index in [0.717, 1.165) is 25.7 Å². The molecule has 1 N–H and O–H groups in total. The van der Waals surface area contributed by atoms with E-state index in [4.69, 9.17) is 5.26 Å². The molecule has 0 unspecified atom stereocenters. The number of nitrogens with zero attached hydrogens (tertiary/aromatic N) is 2. The molecule has 1 fully saturated rings. The van der Waals surface area contributed by atoms with Crippen LogP contribution in [0.5, 0.6) is 0 Å². The van der Waals surface area contributed by atoms with Crippen LogP contribution in [-0.4, -0.2) is 39.5 Å². The zero-order chi connectivity index (χ0) is 15.3. The normalized spacial score (nSPS) is 16.0. The lowest BCUT2D eigenvalue weighted by molar-refractivity contribution is 0.334. The smallest absolute Gasteiger partial charge is 0.241 e. The van der Waals surface area contributed by atoms with E-state index in [1.165, 1.54) is 25.0 Å². The van der Waals surface area contributed by atoms with Crippen molar-refractivity contribution >= 4 is 10.0 Å². The lowest BCUT2D eigenvalue weighted by atomic mass is 10.2. The number of halogens is 1. The Bertz CT molecular complexity index is 634. The number of nitrogens with one attached hydrogen (secondary N) is 1. The van der Waals surface area contributed by atoms with Gasteiger partial charge in [0.05, 0.1) is 0 Å². The standard InChI is InChI=1S/C14H18FN3O2S/c15-13-5-3-6-14(12(13)11-16)21(19,20)17-7-4-10-18-8-1-2-9-18/h3,5-6,17H,1-2,4,7-10H2. The van der Waals surface area contributed by atoms with Gasteiger partial charge in [0.1, 0.15) is 22.3 Å². The van der Waals surface area contributed by atoms with E-state index in [2.05, 4.69) is 9.62 Å². The van der Waals surface area contributed by atoms with Crippen LogP contribution < -0.4 is 4.72 Å². The molecule has 1 aliphatic heterocycles. The highest BCUT2D eigenvalue weighted by atomic mass is 32.2. The van der Waals surface area contributed by atoms with Crippen LogP contribution in [0.15, 0.2) is 23.1 Å². The highest BCUT2D eigenvalue weighted by Crippen LogP contribution is 2.17. The van der Waals surface area contributed by atoms with Gasteiger partial charge >= 0.3 is 0 Å². The molecule has 5 nitrogen and oxygen atoms in total. The average Bonchev–Trinajstić information content (AvgIpc) is 2.96. The van der Waals surface area contributed by atoms with Crippen molar-refractivity contribution in [2.45, 2.75) is 24.2 Å². The number of rotatable bonds is 6. The maximum absolute atomic E-state index is 13.5. The molecule has 1 aliphatic rings. The summed E-state index contributed by atoms with van der Waals surface area (Å²) >= 11 is 0. The molecule has 0 aromatic heterocycles. The van der Waals surface area contributed by atoms with Crippen LogP contribution in [0.1, 0.15) is 24.8 Å². The minimum atomic E-state index is -3.85. The molecule has 1 aromatic carbocycles. The second kappa shape index (κ2) is 6.98. The number of benzene rings is 1. The average molecular weight is 311 g/mol. The van der Waals surface area contributed by atoms with E-state index >= 15 is 0 Å². The zero-order valence-electron chi connectivity index (χ0n) is 11.7. The van der Waals surface area contributed by atoms with Crippen molar-refractivity contribution in [2.75, 3.05) is 26.2 Å². The number of hydrogen-bond donors (Lipinski definition) is 1. The van der Waals surface area contributed by atoms with Gasteiger partial charge in [0, 0.05) is 6.54 Å². The summed E-state index contributed by atoms with van der Waals surface area (Å²) in [5.74, 6) is -0.822. The van der Waals surface area contributed by atoms with Gasteiger partial charge in [0.15, 0.2) is 0 Å². The number of likely N-dealkylation sites (tertiary alicyclic amines) is 1. The summed E-state index contributed by atoms with van der Waals surface area (Å²) in [6.07, 6.45) is 3.08. The minimum Gasteiger partial charge on any atom is -0.303 e. The molecule has 114 valence electrons. The Balaban J connectivity index is 1.95. The van der Waals surface area contributed by atoms with Crippen molar-refractivity contribution in [3.63, 3.8) is 0 Å². The molecule has 7 heteroatoms. The summed E-state index contributed by atoms with van der Waals surface area (Å²) in [4.78, 5) is 1.99. The van der Waals surface area contributed by atoms with Gasteiger partial charge in [-0.25, -0.2) is 17.5 Å². The largest absolute Gasteiger partial charge is 0.303 e. The quantitative estimate of drug-likeness (QED) is 0.807. The minimum absolute atomic E-state index is 0.278. The van der Waals surface area contributed by atoms with Crippen LogP contribution >= 0.6 is 0 Å². The molecule has 1 heterocycles. The van der Waals surface area contributed by atoms with Crippen molar-refractivity contribution < 1.29 is 12.8 Å². The molecule has 1 saturated heterocycles. The molecule has 21 heavy (non-hydrogen) atoms. The van der Waals surface area contributed by atoms with Crippen molar-refractivity contribution in [3.8, 4) is 6.07 Å². The topological polar surface area (TPSA) is 73.2 Å². The second-order valence-electron chi connectivity index (χ2n) is 5.02. The summed E-state index contributed by atoms with van der Waals surface area (Å²) < 4.78 is 40.1. The molecule has 1 aromatic rings. The summed E-state index contributed by atoms with van der Waals surface area (Å²) in [5, 5.41) is 8.89. The molecule has 0 atom stereocenters. The van der Waals surface area contributed by atoms with Crippen molar-refractivity contribution in [3.05, 3.63) is 29.6 Å². The molecule has 2 rings (SSSR count). The van der Waals surface area contributed by atoms with Crippen molar-refractivity contribution in [1.82, 2.24) is 9.62 Å². The first-order valence-corrected chi connectivity index (χ1v) is 8.43. The van der Waals surface area contributed by atoms with Gasteiger partial charge in [-0.3, -0.25) is 0 Å². The zero-order valence-corrected chi connectivity index (χ0v) is 12.5. The molecular weight excluding hydrogens is 293 g/mol. The van der Waals surface area contributed by atoms with Crippen molar-refractivity contribution in [1.29, 1.82) is 5.26 Å². The van der Waals surface area contributed by atoms with Gasteiger partial charge < -0.3 is 4.90 Å². The van der Waals surface area contributed by atoms with Crippen LogP contribution in [-0.2, 0) is 10.0 Å². The van der Waals surface area contributed by atoms with Gasteiger partial charge in [-0.15, -0.1) is 0 Å². The van der Waals surface area contributed by atoms with Crippen LogP contribution in [0.25, 0.3) is 0 Å². The Morgan fingerprint density at radius 3 is 2.71 bits per heavy atom. The third-order valence-electron chi connectivity index (χ3n) is 3.52. The van der Waals surface area contributed by atoms with Gasteiger partial charge in [-0.2, -0.15) is 5.26 Å². The first-order valence-electron chi connectivity index (χ1n) is 6.95. The summed E-state index contributed by atoms with van der Waals surface area (Å²) in [5.41, 5.74) is -0.440. The fourth-order valence-electron chi connectivity index (χ4n) is 2.43. The van der Waals surface area contributed by atoms with E-state index in [1.54, 1.807) is 6.07 Å². The van der Waals surface area contributed by atoms with Crippen LogP contribution in [0.3, 0.4) is 0 Å². The van der Waals surface area contributed by atoms with E-state index in [-0.39, 0.29) is 11.4 Å². The van der Waals surface area contributed by atoms with Crippen LogP contribution in [0.4, 0.5) is 4.39 Å². The van der Waals surface area contributed by atoms with E-state index in [9.17, 15) is 12.8 Å². The summed E-state index contributed by atoms with van der Waals surface area (Å²) in [6, 6.07) is 5.20. The maximum Gasteiger partial charge on any atom is 0.241 e. The number of sulfonamides is 1. The van der Waals surface area contributed by atoms with Gasteiger partial charge in [0.2, 0.25) is 10.0 Å². The fraction of sp³-hybridized carbons (Fsp3) is 0.500.